The highest BCUT2D eigenvalue weighted by atomic mass is 35.5. The zero-order valence-corrected chi connectivity index (χ0v) is 16.4. The summed E-state index contributed by atoms with van der Waals surface area (Å²) in [6, 6.07) is 3.68. The molecular weight excluding hydrogens is 370 g/mol. The fourth-order valence-corrected chi connectivity index (χ4v) is 4.76. The molecule has 3 rings (SSSR count). The summed E-state index contributed by atoms with van der Waals surface area (Å²) in [6.45, 7) is 5.81. The van der Waals surface area contributed by atoms with Gasteiger partial charge in [0.15, 0.2) is 0 Å². The van der Waals surface area contributed by atoms with Gasteiger partial charge in [0.2, 0.25) is 5.91 Å². The lowest BCUT2D eigenvalue weighted by Crippen LogP contribution is -2.54. The van der Waals surface area contributed by atoms with Crippen LogP contribution in [0.2, 0.25) is 5.02 Å². The number of aromatic hydroxyl groups is 1. The summed E-state index contributed by atoms with van der Waals surface area (Å²) >= 11 is 5.86. The molecule has 4 amide bonds. The van der Waals surface area contributed by atoms with Crippen molar-refractivity contribution in [2.75, 3.05) is 11.9 Å². The van der Waals surface area contributed by atoms with E-state index in [-0.39, 0.29) is 28.7 Å². The van der Waals surface area contributed by atoms with Gasteiger partial charge in [-0.15, -0.1) is 0 Å². The third-order valence-electron chi connectivity index (χ3n) is 5.16. The molecule has 146 valence electrons. The number of carbonyl (C=O) groups is 3. The van der Waals surface area contributed by atoms with E-state index in [1.165, 1.54) is 18.2 Å². The summed E-state index contributed by atoms with van der Waals surface area (Å²) in [5, 5.41) is 15.5. The van der Waals surface area contributed by atoms with Crippen LogP contribution in [0, 0.1) is 11.3 Å². The zero-order valence-electron chi connectivity index (χ0n) is 15.6. The van der Waals surface area contributed by atoms with Crippen molar-refractivity contribution < 1.29 is 19.5 Å². The molecule has 1 aliphatic carbocycles. The highest BCUT2D eigenvalue weighted by Gasteiger charge is 2.56. The molecule has 27 heavy (non-hydrogen) atoms. The Labute approximate surface area is 163 Å². The fraction of sp³-hybridized carbons (Fsp3) is 0.526. The van der Waals surface area contributed by atoms with E-state index in [0.29, 0.717) is 17.9 Å². The number of nitrogens with zero attached hydrogens (tertiary/aromatic N) is 1. The molecule has 1 spiro atoms. The summed E-state index contributed by atoms with van der Waals surface area (Å²) < 4.78 is 0. The highest BCUT2D eigenvalue weighted by molar-refractivity contribution is 6.31. The predicted octanol–water partition coefficient (Wildman–Crippen LogP) is 3.12. The molecule has 2 aliphatic rings. The van der Waals surface area contributed by atoms with Crippen LogP contribution in [0.15, 0.2) is 18.2 Å². The number of anilines is 1. The third kappa shape index (κ3) is 3.88. The van der Waals surface area contributed by atoms with Gasteiger partial charge < -0.3 is 15.7 Å². The number of hydrogen-bond donors (Lipinski definition) is 3. The second kappa shape index (κ2) is 6.71. The number of carbonyl (C=O) groups excluding carboxylic acids is 3. The van der Waals surface area contributed by atoms with E-state index in [0.717, 1.165) is 11.3 Å². The minimum atomic E-state index is -0.948. The number of halogens is 1. The number of phenols is 1. The Kier molecular flexibility index (Phi) is 4.84. The van der Waals surface area contributed by atoms with E-state index in [4.69, 9.17) is 11.6 Å². The first-order chi connectivity index (χ1) is 12.5. The Bertz CT molecular complexity index is 810. The Morgan fingerprint density at radius 1 is 1.37 bits per heavy atom. The number of imide groups is 1. The lowest BCUT2D eigenvalue weighted by molar-refractivity contribution is -0.136. The predicted molar refractivity (Wildman–Crippen MR) is 102 cm³/mol. The van der Waals surface area contributed by atoms with E-state index in [1.54, 1.807) is 0 Å². The fourth-order valence-electron chi connectivity index (χ4n) is 4.59. The highest BCUT2D eigenvalue weighted by Crippen LogP contribution is 2.46. The van der Waals surface area contributed by atoms with Crippen molar-refractivity contribution in [3.63, 3.8) is 0 Å². The molecule has 1 aliphatic heterocycles. The van der Waals surface area contributed by atoms with Crippen molar-refractivity contribution in [1.29, 1.82) is 0 Å². The summed E-state index contributed by atoms with van der Waals surface area (Å²) in [5.41, 5.74) is -0.899. The standard InChI is InChI=1S/C19H24ClN3O4/c1-11-7-18(2,3)10-19(8-11)16(26)23(17(27)22-19)9-15(25)21-13-6-12(20)4-5-14(13)24/h4-6,11,24H,7-10H2,1-3H3,(H,21,25)(H,22,27). The maximum absolute atomic E-state index is 13.0. The van der Waals surface area contributed by atoms with Crippen LogP contribution in [0.25, 0.3) is 0 Å². The molecule has 2 unspecified atom stereocenters. The molecule has 0 radical (unpaired) electrons. The lowest BCUT2D eigenvalue weighted by Gasteiger charge is -2.43. The maximum Gasteiger partial charge on any atom is 0.325 e. The van der Waals surface area contributed by atoms with Crippen LogP contribution in [0.1, 0.15) is 40.0 Å². The second-order valence-electron chi connectivity index (χ2n) is 8.47. The average molecular weight is 394 g/mol. The van der Waals surface area contributed by atoms with Crippen LogP contribution >= 0.6 is 11.6 Å². The van der Waals surface area contributed by atoms with Crippen molar-refractivity contribution in [2.24, 2.45) is 11.3 Å². The van der Waals surface area contributed by atoms with E-state index in [1.807, 2.05) is 0 Å². The summed E-state index contributed by atoms with van der Waals surface area (Å²) in [4.78, 5) is 38.8. The van der Waals surface area contributed by atoms with Gasteiger partial charge in [-0.1, -0.05) is 32.4 Å². The lowest BCUT2D eigenvalue weighted by atomic mass is 9.64. The van der Waals surface area contributed by atoms with E-state index in [2.05, 4.69) is 31.4 Å². The van der Waals surface area contributed by atoms with Gasteiger partial charge in [0.05, 0.1) is 5.69 Å². The van der Waals surface area contributed by atoms with Crippen LogP contribution < -0.4 is 10.6 Å². The Balaban J connectivity index is 1.74. The molecule has 1 heterocycles. The van der Waals surface area contributed by atoms with Crippen LogP contribution in [0.5, 0.6) is 5.75 Å². The van der Waals surface area contributed by atoms with Gasteiger partial charge in [-0.25, -0.2) is 4.79 Å². The number of urea groups is 1. The molecule has 2 atom stereocenters. The Morgan fingerprint density at radius 2 is 2.07 bits per heavy atom. The van der Waals surface area contributed by atoms with Crippen molar-refractivity contribution in [3.05, 3.63) is 23.2 Å². The van der Waals surface area contributed by atoms with Gasteiger partial charge in [-0.05, 0) is 48.8 Å². The van der Waals surface area contributed by atoms with Gasteiger partial charge in [0, 0.05) is 5.02 Å². The first kappa shape index (κ1) is 19.5. The monoisotopic (exact) mass is 393 g/mol. The van der Waals surface area contributed by atoms with Crippen molar-refractivity contribution >= 4 is 35.1 Å². The van der Waals surface area contributed by atoms with E-state index < -0.39 is 24.0 Å². The van der Waals surface area contributed by atoms with Crippen LogP contribution in [-0.2, 0) is 9.59 Å². The molecule has 3 N–H and O–H groups in total. The number of amides is 4. The largest absolute Gasteiger partial charge is 0.506 e. The normalized spacial score (nSPS) is 27.0. The topological polar surface area (TPSA) is 98.7 Å². The maximum atomic E-state index is 13.0. The van der Waals surface area contributed by atoms with Crippen LogP contribution in [0.4, 0.5) is 10.5 Å². The smallest absolute Gasteiger partial charge is 0.325 e. The number of hydrogen-bond acceptors (Lipinski definition) is 4. The Morgan fingerprint density at radius 3 is 2.74 bits per heavy atom. The van der Waals surface area contributed by atoms with Crippen molar-refractivity contribution in [3.8, 4) is 5.75 Å². The van der Waals surface area contributed by atoms with Gasteiger partial charge in [0.25, 0.3) is 5.91 Å². The number of benzene rings is 1. The van der Waals surface area contributed by atoms with Crippen LogP contribution in [0.3, 0.4) is 0 Å². The SMILES string of the molecule is CC1CC(C)(C)CC2(C1)NC(=O)N(CC(=O)Nc1cc(Cl)ccc1O)C2=O. The number of phenolic OH excluding ortho intramolecular Hbond substituents is 1. The molecule has 8 heteroatoms. The molecule has 1 aromatic carbocycles. The quantitative estimate of drug-likeness (QED) is 0.542. The molecule has 1 saturated heterocycles. The van der Waals surface area contributed by atoms with Gasteiger partial charge in [-0.2, -0.15) is 0 Å². The molecule has 1 aromatic rings. The number of nitrogens with one attached hydrogen (secondary N) is 2. The Hall–Kier alpha value is -2.28. The molecule has 2 fully saturated rings. The first-order valence-electron chi connectivity index (χ1n) is 8.94. The molecule has 7 nitrogen and oxygen atoms in total. The van der Waals surface area contributed by atoms with Crippen molar-refractivity contribution in [2.45, 2.75) is 45.6 Å². The summed E-state index contributed by atoms with van der Waals surface area (Å²) in [5.74, 6) is -0.812. The second-order valence-corrected chi connectivity index (χ2v) is 8.90. The van der Waals surface area contributed by atoms with E-state index in [9.17, 15) is 19.5 Å². The molecule has 1 saturated carbocycles. The minimum Gasteiger partial charge on any atom is -0.506 e. The molecular formula is C19H24ClN3O4. The zero-order chi connectivity index (χ0) is 20.0. The van der Waals surface area contributed by atoms with Gasteiger partial charge >= 0.3 is 6.03 Å². The summed E-state index contributed by atoms with van der Waals surface area (Å²) in [6.07, 6.45) is 2.09. The van der Waals surface area contributed by atoms with Crippen molar-refractivity contribution in [1.82, 2.24) is 10.2 Å². The van der Waals surface area contributed by atoms with Gasteiger partial charge in [0.1, 0.15) is 17.8 Å². The first-order valence-corrected chi connectivity index (χ1v) is 9.32. The average Bonchev–Trinajstić information content (AvgIpc) is 2.72. The molecule has 0 bridgehead atoms. The minimum absolute atomic E-state index is 0.0779. The van der Waals surface area contributed by atoms with E-state index >= 15 is 0 Å². The molecule has 0 aromatic heterocycles. The van der Waals surface area contributed by atoms with Gasteiger partial charge in [-0.3, -0.25) is 14.5 Å². The van der Waals surface area contributed by atoms with Crippen LogP contribution in [-0.4, -0.2) is 39.9 Å². The number of rotatable bonds is 3. The third-order valence-corrected chi connectivity index (χ3v) is 5.39. The summed E-state index contributed by atoms with van der Waals surface area (Å²) in [7, 11) is 0.